The second-order valence-electron chi connectivity index (χ2n) is 10.1. The number of aromatic nitrogens is 3. The van der Waals surface area contributed by atoms with Crippen LogP contribution in [0, 0.1) is 0 Å². The minimum absolute atomic E-state index is 0.0584. The number of carbonyl (C=O) groups is 2. The Labute approximate surface area is 237 Å². The fraction of sp³-hybridized carbons (Fsp3) is 0.0571. The Morgan fingerprint density at radius 1 is 0.610 bits per heavy atom. The van der Waals surface area contributed by atoms with E-state index in [4.69, 9.17) is 0 Å². The van der Waals surface area contributed by atoms with Gasteiger partial charge in [-0.1, -0.05) is 78.9 Å². The standard InChI is InChI=1S/C35H26N4O2/c40-34(38-24-29-12-8-21-37(29)23-28-11-4-7-15-33(28)38)27-18-16-26(17-19-27)32-20-22-39(36-32)35(41)31-14-6-5-13-30(31)25-9-2-1-3-10-25/h1-22H,23-24H2. The van der Waals surface area contributed by atoms with Crippen LogP contribution in [0.4, 0.5) is 5.69 Å². The summed E-state index contributed by atoms with van der Waals surface area (Å²) in [5.74, 6) is -0.260. The van der Waals surface area contributed by atoms with Gasteiger partial charge in [-0.05, 0) is 59.2 Å². The van der Waals surface area contributed by atoms with Gasteiger partial charge in [-0.25, -0.2) is 4.68 Å². The number of amides is 1. The largest absolute Gasteiger partial charge is 0.345 e. The molecule has 0 saturated carbocycles. The van der Waals surface area contributed by atoms with Crippen molar-refractivity contribution in [1.29, 1.82) is 0 Å². The molecule has 0 fully saturated rings. The van der Waals surface area contributed by atoms with Gasteiger partial charge in [0.05, 0.1) is 12.2 Å². The zero-order valence-corrected chi connectivity index (χ0v) is 22.2. The molecule has 0 atom stereocenters. The van der Waals surface area contributed by atoms with Gasteiger partial charge in [-0.3, -0.25) is 9.59 Å². The average molecular weight is 535 g/mol. The number of para-hydroxylation sites is 1. The number of nitrogens with zero attached hydrogens (tertiary/aromatic N) is 4. The van der Waals surface area contributed by atoms with Crippen molar-refractivity contribution >= 4 is 17.5 Å². The Morgan fingerprint density at radius 2 is 1.37 bits per heavy atom. The Balaban J connectivity index is 1.14. The van der Waals surface area contributed by atoms with Gasteiger partial charge in [-0.2, -0.15) is 5.10 Å². The van der Waals surface area contributed by atoms with E-state index >= 15 is 0 Å². The van der Waals surface area contributed by atoms with Crippen LogP contribution in [0.2, 0.25) is 0 Å². The predicted octanol–water partition coefficient (Wildman–Crippen LogP) is 6.92. The Morgan fingerprint density at radius 3 is 2.22 bits per heavy atom. The van der Waals surface area contributed by atoms with Crippen molar-refractivity contribution in [2.75, 3.05) is 4.90 Å². The molecule has 0 spiro atoms. The molecule has 1 aliphatic heterocycles. The van der Waals surface area contributed by atoms with E-state index in [0.29, 0.717) is 23.4 Å². The summed E-state index contributed by atoms with van der Waals surface area (Å²) in [5.41, 5.74) is 7.63. The van der Waals surface area contributed by atoms with Crippen molar-refractivity contribution in [1.82, 2.24) is 14.3 Å². The van der Waals surface area contributed by atoms with E-state index in [9.17, 15) is 9.59 Å². The number of anilines is 1. The molecule has 4 aromatic carbocycles. The molecular weight excluding hydrogens is 508 g/mol. The van der Waals surface area contributed by atoms with Crippen LogP contribution in [-0.4, -0.2) is 26.2 Å². The van der Waals surface area contributed by atoms with Gasteiger partial charge in [0, 0.05) is 47.0 Å². The quantitative estimate of drug-likeness (QED) is 0.247. The maximum Gasteiger partial charge on any atom is 0.278 e. The van der Waals surface area contributed by atoms with Crippen molar-refractivity contribution in [2.24, 2.45) is 0 Å². The van der Waals surface area contributed by atoms with E-state index in [1.54, 1.807) is 6.20 Å². The summed E-state index contributed by atoms with van der Waals surface area (Å²) in [6.45, 7) is 1.24. The van der Waals surface area contributed by atoms with Crippen LogP contribution in [0.5, 0.6) is 0 Å². The molecule has 0 aliphatic carbocycles. The van der Waals surface area contributed by atoms with Crippen molar-refractivity contribution < 1.29 is 9.59 Å². The van der Waals surface area contributed by atoms with Crippen molar-refractivity contribution in [2.45, 2.75) is 13.1 Å². The summed E-state index contributed by atoms with van der Waals surface area (Å²) in [6.07, 6.45) is 3.74. The summed E-state index contributed by atoms with van der Waals surface area (Å²) in [6, 6.07) is 38.8. The molecule has 0 radical (unpaired) electrons. The van der Waals surface area contributed by atoms with Gasteiger partial charge >= 0.3 is 0 Å². The third-order valence-electron chi connectivity index (χ3n) is 7.58. The van der Waals surface area contributed by atoms with E-state index < -0.39 is 0 Å². The average Bonchev–Trinajstić information content (AvgIpc) is 3.67. The highest BCUT2D eigenvalue weighted by Crippen LogP contribution is 2.30. The normalized spacial score (nSPS) is 12.3. The van der Waals surface area contributed by atoms with Gasteiger partial charge in [0.25, 0.3) is 11.8 Å². The number of carbonyl (C=O) groups excluding carboxylic acids is 2. The lowest BCUT2D eigenvalue weighted by Gasteiger charge is -2.23. The lowest BCUT2D eigenvalue weighted by molar-refractivity contribution is 0.0944. The van der Waals surface area contributed by atoms with E-state index in [1.807, 2.05) is 114 Å². The van der Waals surface area contributed by atoms with Crippen molar-refractivity contribution in [3.05, 3.63) is 156 Å². The van der Waals surface area contributed by atoms with Crippen molar-refractivity contribution in [3.63, 3.8) is 0 Å². The smallest absolute Gasteiger partial charge is 0.278 e. The molecule has 41 heavy (non-hydrogen) atoms. The van der Waals surface area contributed by atoms with E-state index in [0.717, 1.165) is 40.2 Å². The second-order valence-corrected chi connectivity index (χ2v) is 10.1. The maximum absolute atomic E-state index is 13.7. The molecule has 198 valence electrons. The topological polar surface area (TPSA) is 60.1 Å². The fourth-order valence-corrected chi connectivity index (χ4v) is 5.46. The zero-order valence-electron chi connectivity index (χ0n) is 22.2. The molecular formula is C35H26N4O2. The molecule has 0 bridgehead atoms. The summed E-state index contributed by atoms with van der Waals surface area (Å²) in [5, 5.41) is 4.59. The van der Waals surface area contributed by atoms with Gasteiger partial charge in [0.2, 0.25) is 0 Å². The number of fused-ring (bicyclic) bond motifs is 2. The van der Waals surface area contributed by atoms with Gasteiger partial charge in [0.15, 0.2) is 0 Å². The van der Waals surface area contributed by atoms with E-state index in [-0.39, 0.29) is 11.8 Å². The summed E-state index contributed by atoms with van der Waals surface area (Å²) in [4.78, 5) is 29.0. The van der Waals surface area contributed by atoms with Crippen molar-refractivity contribution in [3.8, 4) is 22.4 Å². The molecule has 1 aliphatic rings. The van der Waals surface area contributed by atoms with Crippen LogP contribution < -0.4 is 4.90 Å². The highest BCUT2D eigenvalue weighted by Gasteiger charge is 2.25. The molecule has 1 amide bonds. The van der Waals surface area contributed by atoms with Crippen LogP contribution >= 0.6 is 0 Å². The zero-order chi connectivity index (χ0) is 27.8. The van der Waals surface area contributed by atoms with Gasteiger partial charge < -0.3 is 9.47 Å². The highest BCUT2D eigenvalue weighted by atomic mass is 16.2. The molecule has 7 rings (SSSR count). The highest BCUT2D eigenvalue weighted by molar-refractivity contribution is 6.07. The first kappa shape index (κ1) is 24.5. The second kappa shape index (κ2) is 10.2. The first-order valence-corrected chi connectivity index (χ1v) is 13.5. The predicted molar refractivity (Wildman–Crippen MR) is 160 cm³/mol. The van der Waals surface area contributed by atoms with Crippen LogP contribution in [-0.2, 0) is 13.1 Å². The molecule has 0 saturated heterocycles. The minimum Gasteiger partial charge on any atom is -0.345 e. The molecule has 6 nitrogen and oxygen atoms in total. The number of benzene rings is 4. The SMILES string of the molecule is O=C(c1ccc(-c2ccn(C(=O)c3ccccc3-c3ccccc3)n2)cc1)N1Cc2cccn2Cc2ccccc21. The van der Waals surface area contributed by atoms with Crippen LogP contribution in [0.15, 0.2) is 134 Å². The molecule has 3 heterocycles. The van der Waals surface area contributed by atoms with E-state index in [1.165, 1.54) is 4.68 Å². The fourth-order valence-electron chi connectivity index (χ4n) is 5.46. The lowest BCUT2D eigenvalue weighted by Crippen LogP contribution is -2.30. The third kappa shape index (κ3) is 4.55. The minimum atomic E-state index is -0.202. The molecule has 0 N–H and O–H groups in total. The molecule has 6 aromatic rings. The summed E-state index contributed by atoms with van der Waals surface area (Å²) < 4.78 is 3.56. The van der Waals surface area contributed by atoms with Gasteiger partial charge in [-0.15, -0.1) is 0 Å². The number of hydrogen-bond donors (Lipinski definition) is 0. The molecule has 2 aromatic heterocycles. The van der Waals surface area contributed by atoms with Crippen LogP contribution in [0.3, 0.4) is 0 Å². The Bertz CT molecular complexity index is 1880. The summed E-state index contributed by atoms with van der Waals surface area (Å²) in [7, 11) is 0. The third-order valence-corrected chi connectivity index (χ3v) is 7.58. The molecule has 6 heteroatoms. The Kier molecular flexibility index (Phi) is 6.13. The van der Waals surface area contributed by atoms with Crippen LogP contribution in [0.25, 0.3) is 22.4 Å². The lowest BCUT2D eigenvalue weighted by atomic mass is 9.99. The number of hydrogen-bond acceptors (Lipinski definition) is 3. The first-order valence-electron chi connectivity index (χ1n) is 13.5. The van der Waals surface area contributed by atoms with Gasteiger partial charge in [0.1, 0.15) is 0 Å². The summed E-state index contributed by atoms with van der Waals surface area (Å²) >= 11 is 0. The monoisotopic (exact) mass is 534 g/mol. The number of rotatable bonds is 4. The maximum atomic E-state index is 13.7. The Hall–Kier alpha value is -5.49. The first-order chi connectivity index (χ1) is 20.2. The molecule has 0 unspecified atom stereocenters. The van der Waals surface area contributed by atoms with Crippen LogP contribution in [0.1, 0.15) is 32.0 Å². The van der Waals surface area contributed by atoms with E-state index in [2.05, 4.69) is 28.0 Å².